The smallest absolute Gasteiger partial charge is 0.0998 e. The summed E-state index contributed by atoms with van der Waals surface area (Å²) in [6.45, 7) is 2.08. The van der Waals surface area contributed by atoms with Gasteiger partial charge in [0, 0.05) is 5.30 Å². The van der Waals surface area contributed by atoms with Gasteiger partial charge in [-0.15, -0.1) is 0 Å². The van der Waals surface area contributed by atoms with Crippen LogP contribution in [0, 0.1) is 18.3 Å². The number of hydrogen-bond acceptors (Lipinski definition) is 1. The van der Waals surface area contributed by atoms with Crippen molar-refractivity contribution < 1.29 is 0 Å². The molecule has 0 amide bonds. The summed E-state index contributed by atoms with van der Waals surface area (Å²) in [5, 5.41) is 13.2. The first kappa shape index (κ1) is 14.5. The molecule has 0 heterocycles. The summed E-state index contributed by atoms with van der Waals surface area (Å²) in [4.78, 5) is 0. The molecule has 106 valence electrons. The topological polar surface area (TPSA) is 23.8 Å². The fourth-order valence-corrected chi connectivity index (χ4v) is 5.00. The fourth-order valence-electron chi connectivity index (χ4n) is 2.50. The molecule has 0 spiro atoms. The monoisotopic (exact) mass is 301 g/mol. The molecular formula is C20H16NP. The zero-order chi connectivity index (χ0) is 15.4. The van der Waals surface area contributed by atoms with Gasteiger partial charge in [-0.2, -0.15) is 5.26 Å². The van der Waals surface area contributed by atoms with Crippen LogP contribution in [0.1, 0.15) is 11.1 Å². The number of aryl methyl sites for hydroxylation is 1. The van der Waals surface area contributed by atoms with E-state index in [0.29, 0.717) is 0 Å². The lowest BCUT2D eigenvalue weighted by Crippen LogP contribution is -2.22. The first-order valence-electron chi connectivity index (χ1n) is 7.20. The molecule has 0 aliphatic carbocycles. The number of nitriles is 1. The van der Waals surface area contributed by atoms with E-state index in [-0.39, 0.29) is 0 Å². The van der Waals surface area contributed by atoms with Crippen molar-refractivity contribution >= 4 is 23.8 Å². The minimum atomic E-state index is -0.711. The van der Waals surface area contributed by atoms with Crippen LogP contribution in [-0.4, -0.2) is 0 Å². The fraction of sp³-hybridized carbons (Fsp3) is 0.0500. The Morgan fingerprint density at radius 1 is 0.773 bits per heavy atom. The van der Waals surface area contributed by atoms with Crippen LogP contribution in [-0.2, 0) is 0 Å². The highest BCUT2D eigenvalue weighted by molar-refractivity contribution is 7.80. The molecule has 3 aromatic rings. The molecule has 0 unspecified atom stereocenters. The van der Waals surface area contributed by atoms with Gasteiger partial charge in [0.1, 0.15) is 0 Å². The van der Waals surface area contributed by atoms with Crippen molar-refractivity contribution in [3.8, 4) is 6.07 Å². The normalized spacial score (nSPS) is 10.4. The Morgan fingerprint density at radius 3 is 1.82 bits per heavy atom. The first-order chi connectivity index (χ1) is 10.8. The van der Waals surface area contributed by atoms with Crippen LogP contribution in [0.3, 0.4) is 0 Å². The van der Waals surface area contributed by atoms with Gasteiger partial charge in [-0.05, 0) is 37.6 Å². The predicted octanol–water partition coefficient (Wildman–Crippen LogP) is 3.62. The quantitative estimate of drug-likeness (QED) is 0.678. The second-order valence-corrected chi connectivity index (χ2v) is 7.32. The van der Waals surface area contributed by atoms with Gasteiger partial charge < -0.3 is 0 Å². The minimum absolute atomic E-state index is 0.711. The Balaban J connectivity index is 2.24. The number of rotatable bonds is 3. The molecule has 0 aliphatic heterocycles. The van der Waals surface area contributed by atoms with E-state index in [4.69, 9.17) is 0 Å². The van der Waals surface area contributed by atoms with E-state index >= 15 is 0 Å². The molecule has 0 N–H and O–H groups in total. The molecular weight excluding hydrogens is 285 g/mol. The summed E-state index contributed by atoms with van der Waals surface area (Å²) in [5.74, 6) is 0. The summed E-state index contributed by atoms with van der Waals surface area (Å²) in [6, 6.07) is 29.4. The number of benzene rings is 3. The number of hydrogen-bond donors (Lipinski definition) is 0. The zero-order valence-corrected chi connectivity index (χ0v) is 13.3. The Bertz CT molecular complexity index is 765. The SMILES string of the molecule is Cc1ccc(C#N)c(P(c2ccccc2)c2ccccc2)c1. The molecule has 1 nitrogen and oxygen atoms in total. The second-order valence-electron chi connectivity index (χ2n) is 5.14. The molecule has 3 aromatic carbocycles. The van der Waals surface area contributed by atoms with Gasteiger partial charge in [0.25, 0.3) is 0 Å². The third-order valence-electron chi connectivity index (χ3n) is 3.54. The maximum atomic E-state index is 9.51. The van der Waals surface area contributed by atoms with Gasteiger partial charge >= 0.3 is 0 Å². The van der Waals surface area contributed by atoms with Gasteiger partial charge in [0.2, 0.25) is 0 Å². The van der Waals surface area contributed by atoms with Gasteiger partial charge in [0.15, 0.2) is 0 Å². The number of nitrogens with zero attached hydrogens (tertiary/aromatic N) is 1. The van der Waals surface area contributed by atoms with Crippen LogP contribution in [0.5, 0.6) is 0 Å². The average Bonchev–Trinajstić information content (AvgIpc) is 2.57. The van der Waals surface area contributed by atoms with Crippen LogP contribution < -0.4 is 15.9 Å². The lowest BCUT2D eigenvalue weighted by molar-refractivity contribution is 1.45. The van der Waals surface area contributed by atoms with Crippen molar-refractivity contribution in [2.75, 3.05) is 0 Å². The summed E-state index contributed by atoms with van der Waals surface area (Å²) in [7, 11) is -0.711. The standard InChI is InChI=1S/C20H16NP/c1-16-12-13-17(15-21)20(14-16)22(18-8-4-2-5-9-18)19-10-6-3-7-11-19/h2-14H,1H3. The Kier molecular flexibility index (Phi) is 4.33. The van der Waals surface area contributed by atoms with Crippen molar-refractivity contribution in [1.29, 1.82) is 5.26 Å². The molecule has 22 heavy (non-hydrogen) atoms. The highest BCUT2D eigenvalue weighted by Crippen LogP contribution is 2.34. The average molecular weight is 301 g/mol. The van der Waals surface area contributed by atoms with Crippen LogP contribution >= 0.6 is 7.92 Å². The summed E-state index contributed by atoms with van der Waals surface area (Å²) in [5.41, 5.74) is 1.96. The lowest BCUT2D eigenvalue weighted by Gasteiger charge is -2.20. The summed E-state index contributed by atoms with van der Waals surface area (Å²) in [6.07, 6.45) is 0. The summed E-state index contributed by atoms with van der Waals surface area (Å²) >= 11 is 0. The molecule has 0 saturated carbocycles. The predicted molar refractivity (Wildman–Crippen MR) is 94.6 cm³/mol. The van der Waals surface area contributed by atoms with Gasteiger partial charge in [-0.25, -0.2) is 0 Å². The molecule has 3 rings (SSSR count). The van der Waals surface area contributed by atoms with Crippen molar-refractivity contribution in [1.82, 2.24) is 0 Å². The van der Waals surface area contributed by atoms with Crippen LogP contribution in [0.4, 0.5) is 0 Å². The van der Waals surface area contributed by atoms with Crippen LogP contribution in [0.25, 0.3) is 0 Å². The summed E-state index contributed by atoms with van der Waals surface area (Å²) < 4.78 is 0. The maximum absolute atomic E-state index is 9.51. The van der Waals surface area contributed by atoms with Gasteiger partial charge in [-0.1, -0.05) is 72.3 Å². The van der Waals surface area contributed by atoms with Gasteiger partial charge in [0.05, 0.1) is 11.6 Å². The van der Waals surface area contributed by atoms with E-state index in [2.05, 4.69) is 67.6 Å². The second kappa shape index (κ2) is 6.56. The maximum Gasteiger partial charge on any atom is 0.0998 e. The third kappa shape index (κ3) is 2.93. The van der Waals surface area contributed by atoms with E-state index in [9.17, 15) is 5.26 Å². The highest BCUT2D eigenvalue weighted by atomic mass is 31.1. The van der Waals surface area contributed by atoms with Crippen molar-refractivity contribution in [3.63, 3.8) is 0 Å². The van der Waals surface area contributed by atoms with Crippen molar-refractivity contribution in [2.24, 2.45) is 0 Å². The van der Waals surface area contributed by atoms with E-state index in [1.807, 2.05) is 24.3 Å². The highest BCUT2D eigenvalue weighted by Gasteiger charge is 2.19. The lowest BCUT2D eigenvalue weighted by atomic mass is 10.2. The molecule has 0 saturated heterocycles. The van der Waals surface area contributed by atoms with Gasteiger partial charge in [-0.3, -0.25) is 0 Å². The molecule has 0 radical (unpaired) electrons. The van der Waals surface area contributed by atoms with E-state index < -0.39 is 7.92 Å². The van der Waals surface area contributed by atoms with Crippen molar-refractivity contribution in [2.45, 2.75) is 6.92 Å². The largest absolute Gasteiger partial charge is 0.192 e. The Labute approximate surface area is 132 Å². The van der Waals surface area contributed by atoms with Crippen LogP contribution in [0.2, 0.25) is 0 Å². The van der Waals surface area contributed by atoms with Crippen LogP contribution in [0.15, 0.2) is 78.9 Å². The third-order valence-corrected chi connectivity index (χ3v) is 6.02. The molecule has 2 heteroatoms. The molecule has 0 atom stereocenters. The Hall–Kier alpha value is -2.42. The molecule has 0 aromatic heterocycles. The minimum Gasteiger partial charge on any atom is -0.192 e. The molecule has 0 aliphatic rings. The van der Waals surface area contributed by atoms with E-state index in [0.717, 1.165) is 10.9 Å². The zero-order valence-electron chi connectivity index (χ0n) is 12.4. The van der Waals surface area contributed by atoms with Crippen molar-refractivity contribution in [3.05, 3.63) is 90.0 Å². The van der Waals surface area contributed by atoms with E-state index in [1.54, 1.807) is 0 Å². The Morgan fingerprint density at radius 2 is 1.32 bits per heavy atom. The molecule has 0 bridgehead atoms. The first-order valence-corrected chi connectivity index (χ1v) is 8.55. The molecule has 0 fully saturated rings. The van der Waals surface area contributed by atoms with E-state index in [1.165, 1.54) is 16.2 Å².